The minimum atomic E-state index is -0.209. The first-order valence-corrected chi connectivity index (χ1v) is 11.7. The number of carbonyl (C=O) groups is 1. The number of nitrogens with one attached hydrogen (secondary N) is 1. The van der Waals surface area contributed by atoms with E-state index < -0.39 is 0 Å². The maximum Gasteiger partial charge on any atom is 0.321 e. The number of hydrogen-bond donors (Lipinski definition) is 1. The number of ether oxygens (including phenoxy) is 1. The topological polar surface area (TPSA) is 67.3 Å². The highest BCUT2D eigenvalue weighted by Crippen LogP contribution is 2.40. The van der Waals surface area contributed by atoms with E-state index in [4.69, 9.17) is 4.74 Å². The molecule has 0 aliphatic carbocycles. The largest absolute Gasteiger partial charge is 0.424 e. The quantitative estimate of drug-likeness (QED) is 0.608. The third kappa shape index (κ3) is 4.91. The number of amides is 1. The predicted octanol–water partition coefficient (Wildman–Crippen LogP) is 4.51. The van der Waals surface area contributed by atoms with Gasteiger partial charge in [0.15, 0.2) is 0 Å². The summed E-state index contributed by atoms with van der Waals surface area (Å²) in [6.45, 7) is 3.03. The summed E-state index contributed by atoms with van der Waals surface area (Å²) in [5.41, 5.74) is 2.30. The van der Waals surface area contributed by atoms with Crippen molar-refractivity contribution in [2.75, 3.05) is 0 Å². The smallest absolute Gasteiger partial charge is 0.321 e. The summed E-state index contributed by atoms with van der Waals surface area (Å²) in [6, 6.07) is 21.6. The molecule has 3 atom stereocenters. The Morgan fingerprint density at radius 3 is 2.67 bits per heavy atom. The second kappa shape index (κ2) is 9.32. The van der Waals surface area contributed by atoms with Gasteiger partial charge in [-0.15, -0.1) is 0 Å². The highest BCUT2D eigenvalue weighted by atomic mass is 16.5. The second-order valence-electron chi connectivity index (χ2n) is 9.37. The van der Waals surface area contributed by atoms with Crippen molar-refractivity contribution < 1.29 is 9.53 Å². The molecule has 3 heterocycles. The van der Waals surface area contributed by atoms with Gasteiger partial charge in [0.1, 0.15) is 5.75 Å². The van der Waals surface area contributed by atoms with Crippen LogP contribution in [0.5, 0.6) is 11.8 Å². The number of aromatic nitrogens is 2. The minimum Gasteiger partial charge on any atom is -0.424 e. The van der Waals surface area contributed by atoms with Gasteiger partial charge in [-0.1, -0.05) is 42.5 Å². The summed E-state index contributed by atoms with van der Waals surface area (Å²) < 4.78 is 5.87. The van der Waals surface area contributed by atoms with E-state index in [0.717, 1.165) is 38.0 Å². The number of fused-ring (bicyclic) bond motifs is 1. The van der Waals surface area contributed by atoms with Crippen molar-refractivity contribution in [3.63, 3.8) is 0 Å². The Labute approximate surface area is 195 Å². The first kappa shape index (κ1) is 21.6. The van der Waals surface area contributed by atoms with Crippen LogP contribution in [0.2, 0.25) is 0 Å². The van der Waals surface area contributed by atoms with Crippen LogP contribution in [-0.2, 0) is 17.8 Å². The van der Waals surface area contributed by atoms with Crippen molar-refractivity contribution in [3.05, 3.63) is 84.2 Å². The minimum absolute atomic E-state index is 0.179. The van der Waals surface area contributed by atoms with Gasteiger partial charge in [-0.2, -0.15) is 0 Å². The number of likely N-dealkylation sites (tertiary alicyclic amines) is 1. The standard InChI is InChI=1S/C27H30N4O2/c1-27-18-22(16-20-8-3-2-4-9-20)31(24(27)12-6-13-25(32)30-27)19-21-10-5-11-23(17-21)33-26-28-14-7-15-29-26/h2-5,7-11,14-15,17,22,24H,6,12-13,16,18-19H2,1H3,(H,30,32)/t22-,24+,27+/m1/s1. The molecule has 2 aromatic carbocycles. The number of rotatable bonds is 6. The average molecular weight is 443 g/mol. The van der Waals surface area contributed by atoms with Crippen molar-refractivity contribution >= 4 is 5.91 Å². The molecule has 2 fully saturated rings. The van der Waals surface area contributed by atoms with E-state index >= 15 is 0 Å². The lowest BCUT2D eigenvalue weighted by Gasteiger charge is -2.35. The van der Waals surface area contributed by atoms with Crippen LogP contribution in [-0.4, -0.2) is 38.4 Å². The third-order valence-corrected chi connectivity index (χ3v) is 6.90. The molecule has 2 aliphatic heterocycles. The molecule has 2 saturated heterocycles. The Bertz CT molecular complexity index is 1090. The lowest BCUT2D eigenvalue weighted by Crippen LogP contribution is -2.52. The first-order valence-electron chi connectivity index (χ1n) is 11.7. The average Bonchev–Trinajstić information content (AvgIpc) is 2.95. The fourth-order valence-corrected chi connectivity index (χ4v) is 5.50. The fraction of sp³-hybridized carbons (Fsp3) is 0.370. The summed E-state index contributed by atoms with van der Waals surface area (Å²) in [5, 5.41) is 3.37. The Morgan fingerprint density at radius 2 is 1.85 bits per heavy atom. The summed E-state index contributed by atoms with van der Waals surface area (Å²) in [4.78, 5) is 23.4. The Hall–Kier alpha value is -3.25. The molecule has 6 nitrogen and oxygen atoms in total. The molecule has 170 valence electrons. The number of nitrogens with zero attached hydrogens (tertiary/aromatic N) is 3. The van der Waals surface area contributed by atoms with Gasteiger partial charge in [0, 0.05) is 37.4 Å². The molecule has 2 aliphatic rings. The molecule has 1 aromatic heterocycles. The maximum absolute atomic E-state index is 12.4. The van der Waals surface area contributed by atoms with E-state index in [2.05, 4.69) is 69.6 Å². The van der Waals surface area contributed by atoms with Gasteiger partial charge in [-0.25, -0.2) is 9.97 Å². The van der Waals surface area contributed by atoms with Crippen molar-refractivity contribution in [2.45, 2.75) is 63.2 Å². The van der Waals surface area contributed by atoms with Crippen LogP contribution in [0.1, 0.15) is 43.7 Å². The number of carbonyl (C=O) groups excluding carboxylic acids is 1. The lowest BCUT2D eigenvalue weighted by molar-refractivity contribution is -0.122. The van der Waals surface area contributed by atoms with Gasteiger partial charge in [-0.3, -0.25) is 9.69 Å². The van der Waals surface area contributed by atoms with E-state index in [1.54, 1.807) is 18.5 Å². The molecular weight excluding hydrogens is 412 g/mol. The summed E-state index contributed by atoms with van der Waals surface area (Å²) in [5.74, 6) is 0.910. The van der Waals surface area contributed by atoms with Crippen LogP contribution in [0.3, 0.4) is 0 Å². The van der Waals surface area contributed by atoms with Gasteiger partial charge >= 0.3 is 6.01 Å². The summed E-state index contributed by atoms with van der Waals surface area (Å²) in [7, 11) is 0. The molecule has 3 aromatic rings. The van der Waals surface area contributed by atoms with Crippen molar-refractivity contribution in [3.8, 4) is 11.8 Å². The van der Waals surface area contributed by atoms with Gasteiger partial charge in [0.25, 0.3) is 0 Å². The lowest BCUT2D eigenvalue weighted by atomic mass is 9.88. The molecule has 0 spiro atoms. The molecule has 0 saturated carbocycles. The van der Waals surface area contributed by atoms with Crippen LogP contribution >= 0.6 is 0 Å². The van der Waals surface area contributed by atoms with Gasteiger partial charge in [0.05, 0.1) is 5.54 Å². The molecule has 0 radical (unpaired) electrons. The summed E-state index contributed by atoms with van der Waals surface area (Å²) >= 11 is 0. The molecule has 6 heteroatoms. The zero-order chi connectivity index (χ0) is 22.7. The van der Waals surface area contributed by atoms with Crippen LogP contribution in [0.15, 0.2) is 73.1 Å². The SMILES string of the molecule is C[C@]12C[C@@H](Cc3ccccc3)N(Cc3cccc(Oc4ncccn4)c3)[C@H]1CCCC(=O)N2. The third-order valence-electron chi connectivity index (χ3n) is 6.90. The van der Waals surface area contributed by atoms with Crippen LogP contribution in [0, 0.1) is 0 Å². The van der Waals surface area contributed by atoms with Crippen molar-refractivity contribution in [1.82, 2.24) is 20.2 Å². The predicted molar refractivity (Wildman–Crippen MR) is 127 cm³/mol. The fourth-order valence-electron chi connectivity index (χ4n) is 5.50. The number of benzene rings is 2. The maximum atomic E-state index is 12.4. The highest BCUT2D eigenvalue weighted by Gasteiger charge is 2.50. The number of hydrogen-bond acceptors (Lipinski definition) is 5. The van der Waals surface area contributed by atoms with E-state index in [0.29, 0.717) is 24.5 Å². The second-order valence-corrected chi connectivity index (χ2v) is 9.37. The molecule has 1 amide bonds. The van der Waals surface area contributed by atoms with Crippen LogP contribution in [0.25, 0.3) is 0 Å². The summed E-state index contributed by atoms with van der Waals surface area (Å²) in [6.07, 6.45) is 7.83. The Morgan fingerprint density at radius 1 is 1.06 bits per heavy atom. The first-order chi connectivity index (χ1) is 16.1. The van der Waals surface area contributed by atoms with Gasteiger partial charge in [0.2, 0.25) is 5.91 Å². The van der Waals surface area contributed by atoms with Crippen LogP contribution < -0.4 is 10.1 Å². The highest BCUT2D eigenvalue weighted by molar-refractivity contribution is 5.77. The monoisotopic (exact) mass is 442 g/mol. The Balaban J connectivity index is 1.40. The van der Waals surface area contributed by atoms with E-state index in [1.165, 1.54) is 11.1 Å². The molecule has 0 unspecified atom stereocenters. The van der Waals surface area contributed by atoms with Gasteiger partial charge in [-0.05, 0) is 61.9 Å². The molecule has 33 heavy (non-hydrogen) atoms. The van der Waals surface area contributed by atoms with Gasteiger partial charge < -0.3 is 10.1 Å². The normalized spacial score (nSPS) is 25.2. The van der Waals surface area contributed by atoms with Crippen LogP contribution in [0.4, 0.5) is 0 Å². The zero-order valence-corrected chi connectivity index (χ0v) is 19.0. The zero-order valence-electron chi connectivity index (χ0n) is 19.0. The molecular formula is C27H30N4O2. The molecule has 0 bridgehead atoms. The molecule has 1 N–H and O–H groups in total. The Kier molecular flexibility index (Phi) is 6.09. The van der Waals surface area contributed by atoms with E-state index in [-0.39, 0.29) is 11.4 Å². The van der Waals surface area contributed by atoms with Crippen molar-refractivity contribution in [2.24, 2.45) is 0 Å². The molecule has 5 rings (SSSR count). The van der Waals surface area contributed by atoms with E-state index in [9.17, 15) is 4.79 Å². The van der Waals surface area contributed by atoms with Crippen molar-refractivity contribution in [1.29, 1.82) is 0 Å². The van der Waals surface area contributed by atoms with E-state index in [1.807, 2.05) is 12.1 Å².